The van der Waals surface area contributed by atoms with Crippen LogP contribution in [0.25, 0.3) is 22.8 Å². The van der Waals surface area contributed by atoms with Gasteiger partial charge >= 0.3 is 12.4 Å². The molecule has 0 radical (unpaired) electrons. The van der Waals surface area contributed by atoms with Gasteiger partial charge in [0, 0.05) is 17.3 Å². The topological polar surface area (TPSA) is 96.2 Å². The molecule has 3 N–H and O–H groups in total. The highest BCUT2D eigenvalue weighted by molar-refractivity contribution is 5.58. The number of H-pyrrole nitrogens is 1. The van der Waals surface area contributed by atoms with Crippen molar-refractivity contribution in [3.05, 3.63) is 83.4 Å². The third kappa shape index (κ3) is 5.04. The van der Waals surface area contributed by atoms with Crippen molar-refractivity contribution in [3.8, 4) is 22.8 Å². The van der Waals surface area contributed by atoms with Crippen LogP contribution in [-0.2, 0) is 17.1 Å². The molecule has 4 aromatic rings. The summed E-state index contributed by atoms with van der Waals surface area (Å²) in [6.45, 7) is 0.539. The molecular weight excluding hydrogens is 518 g/mol. The van der Waals surface area contributed by atoms with Crippen LogP contribution in [-0.4, -0.2) is 42.9 Å². The number of aromatic nitrogens is 4. The molecule has 0 bridgehead atoms. The van der Waals surface area contributed by atoms with Crippen molar-refractivity contribution < 1.29 is 41.3 Å². The fraction of sp³-hybridized carbons (Fsp3) is 0.280. The van der Waals surface area contributed by atoms with Gasteiger partial charge in [0.1, 0.15) is 29.6 Å². The molecule has 0 saturated carbocycles. The highest BCUT2D eigenvalue weighted by atomic mass is 19.4. The molecule has 0 spiro atoms. The maximum atomic E-state index is 13.3. The Labute approximate surface area is 211 Å². The molecular formula is C25H20F6N4O3. The number of ether oxygens (including phenoxy) is 1. The van der Waals surface area contributed by atoms with Gasteiger partial charge in [-0.3, -0.25) is 0 Å². The Bertz CT molecular complexity index is 1410. The van der Waals surface area contributed by atoms with Crippen LogP contribution in [0.2, 0.25) is 0 Å². The van der Waals surface area contributed by atoms with Gasteiger partial charge in [-0.25, -0.2) is 9.97 Å². The van der Waals surface area contributed by atoms with Crippen molar-refractivity contribution in [1.29, 1.82) is 0 Å². The van der Waals surface area contributed by atoms with Crippen LogP contribution in [0.4, 0.5) is 26.3 Å². The summed E-state index contributed by atoms with van der Waals surface area (Å²) in [4.78, 5) is 9.67. The summed E-state index contributed by atoms with van der Waals surface area (Å²) in [6.07, 6.45) is -10.3. The number of aliphatic hydroxyl groups excluding tert-OH is 2. The standard InChI is InChI=1S/C25H20F6N4O3/c26-24(27,28)18-9-32-22(33-18)15-5-1-13(2-6-15)20(36)21(37)14-3-7-16(8-4-14)23-34-19(25(29,30)31)10-35(23)17-11-38-12-17/h1-10,17,20-21,36-37H,11-12H2,(H,32,33). The van der Waals surface area contributed by atoms with Crippen LogP contribution >= 0.6 is 0 Å². The van der Waals surface area contributed by atoms with Crippen molar-refractivity contribution >= 4 is 0 Å². The van der Waals surface area contributed by atoms with Gasteiger partial charge in [0.05, 0.1) is 25.5 Å². The second-order valence-corrected chi connectivity index (χ2v) is 8.82. The van der Waals surface area contributed by atoms with Crippen molar-refractivity contribution in [1.82, 2.24) is 19.5 Å². The van der Waals surface area contributed by atoms with Gasteiger partial charge in [-0.15, -0.1) is 0 Å². The first-order chi connectivity index (χ1) is 17.9. The van der Waals surface area contributed by atoms with Gasteiger partial charge in [0.15, 0.2) is 5.69 Å². The molecule has 2 unspecified atom stereocenters. The lowest BCUT2D eigenvalue weighted by Crippen LogP contribution is -2.30. The number of imidazole rings is 2. The average molecular weight is 538 g/mol. The summed E-state index contributed by atoms with van der Waals surface area (Å²) >= 11 is 0. The summed E-state index contributed by atoms with van der Waals surface area (Å²) in [5.74, 6) is 0.101. The summed E-state index contributed by atoms with van der Waals surface area (Å²) in [6, 6.07) is 11.5. The highest BCUT2D eigenvalue weighted by Gasteiger charge is 2.37. The first kappa shape index (κ1) is 25.9. The summed E-state index contributed by atoms with van der Waals surface area (Å²) < 4.78 is 84.7. The number of nitrogens with zero attached hydrogens (tertiary/aromatic N) is 3. The van der Waals surface area contributed by atoms with E-state index in [1.807, 2.05) is 0 Å². The largest absolute Gasteiger partial charge is 0.434 e. The molecule has 3 heterocycles. The lowest BCUT2D eigenvalue weighted by molar-refractivity contribution is -0.141. The zero-order chi connectivity index (χ0) is 27.2. The molecule has 38 heavy (non-hydrogen) atoms. The van der Waals surface area contributed by atoms with Crippen molar-refractivity contribution in [2.45, 2.75) is 30.6 Å². The molecule has 1 aliphatic rings. The average Bonchev–Trinajstić information content (AvgIpc) is 3.51. The first-order valence-electron chi connectivity index (χ1n) is 11.3. The number of halogens is 6. The van der Waals surface area contributed by atoms with E-state index in [4.69, 9.17) is 4.74 Å². The molecule has 1 aliphatic heterocycles. The minimum Gasteiger partial charge on any atom is -0.385 e. The second kappa shape index (κ2) is 9.57. The van der Waals surface area contributed by atoms with E-state index in [0.29, 0.717) is 28.5 Å². The van der Waals surface area contributed by atoms with Crippen LogP contribution in [0.15, 0.2) is 60.9 Å². The number of hydrogen-bond acceptors (Lipinski definition) is 5. The van der Waals surface area contributed by atoms with Crippen molar-refractivity contribution in [2.75, 3.05) is 13.2 Å². The maximum absolute atomic E-state index is 13.3. The fourth-order valence-electron chi connectivity index (χ4n) is 4.05. The second-order valence-electron chi connectivity index (χ2n) is 8.82. The number of alkyl halides is 6. The van der Waals surface area contributed by atoms with Crippen LogP contribution in [0.1, 0.15) is 40.8 Å². The van der Waals surface area contributed by atoms with Gasteiger partial charge in [-0.05, 0) is 11.1 Å². The molecule has 1 fully saturated rings. The number of aliphatic hydroxyl groups is 2. The number of aromatic amines is 1. The third-order valence-electron chi connectivity index (χ3n) is 6.25. The van der Waals surface area contributed by atoms with E-state index in [1.54, 1.807) is 0 Å². The minimum atomic E-state index is -4.61. The predicted molar refractivity (Wildman–Crippen MR) is 121 cm³/mol. The Hall–Kier alpha value is -3.68. The minimum absolute atomic E-state index is 0.00462. The van der Waals surface area contributed by atoms with E-state index >= 15 is 0 Å². The molecule has 2 aromatic carbocycles. The molecule has 0 amide bonds. The highest BCUT2D eigenvalue weighted by Crippen LogP contribution is 2.36. The zero-order valence-electron chi connectivity index (χ0n) is 19.3. The smallest absolute Gasteiger partial charge is 0.385 e. The zero-order valence-corrected chi connectivity index (χ0v) is 19.3. The maximum Gasteiger partial charge on any atom is 0.434 e. The molecule has 1 saturated heterocycles. The predicted octanol–water partition coefficient (Wildman–Crippen LogP) is 5.32. The van der Waals surface area contributed by atoms with E-state index < -0.39 is 35.9 Å². The SMILES string of the molecule is OC(c1ccc(-c2ncc(C(F)(F)F)[nH]2)cc1)C(O)c1ccc(-c2nc(C(F)(F)F)cn2C2COC2)cc1. The van der Waals surface area contributed by atoms with E-state index in [9.17, 15) is 36.6 Å². The molecule has 200 valence electrons. The number of rotatable bonds is 6. The van der Waals surface area contributed by atoms with Gasteiger partial charge in [0.25, 0.3) is 0 Å². The molecule has 2 atom stereocenters. The van der Waals surface area contributed by atoms with Crippen LogP contribution in [0.3, 0.4) is 0 Å². The van der Waals surface area contributed by atoms with Gasteiger partial charge in [-0.2, -0.15) is 26.3 Å². The Morgan fingerprint density at radius 1 is 0.842 bits per heavy atom. The molecule has 0 aliphatic carbocycles. The van der Waals surface area contributed by atoms with Crippen LogP contribution < -0.4 is 0 Å². The number of hydrogen-bond donors (Lipinski definition) is 3. The summed E-state index contributed by atoms with van der Waals surface area (Å²) in [5, 5.41) is 21.4. The summed E-state index contributed by atoms with van der Waals surface area (Å²) in [7, 11) is 0. The van der Waals surface area contributed by atoms with Crippen molar-refractivity contribution in [3.63, 3.8) is 0 Å². The molecule has 5 rings (SSSR count). The summed E-state index contributed by atoms with van der Waals surface area (Å²) in [5.41, 5.74) is -0.685. The number of benzene rings is 2. The fourth-order valence-corrected chi connectivity index (χ4v) is 4.05. The lowest BCUT2D eigenvalue weighted by atomic mass is 9.96. The van der Waals surface area contributed by atoms with E-state index in [0.717, 1.165) is 6.20 Å². The van der Waals surface area contributed by atoms with Gasteiger partial charge in [-0.1, -0.05) is 48.5 Å². The Balaban J connectivity index is 1.33. The Morgan fingerprint density at radius 3 is 1.84 bits per heavy atom. The van der Waals surface area contributed by atoms with E-state index in [1.165, 1.54) is 53.1 Å². The monoisotopic (exact) mass is 538 g/mol. The normalized spacial score (nSPS) is 16.3. The Morgan fingerprint density at radius 2 is 1.39 bits per heavy atom. The molecule has 13 heteroatoms. The van der Waals surface area contributed by atoms with E-state index in [2.05, 4.69) is 15.0 Å². The van der Waals surface area contributed by atoms with Crippen molar-refractivity contribution in [2.24, 2.45) is 0 Å². The van der Waals surface area contributed by atoms with Gasteiger partial charge in [0.2, 0.25) is 0 Å². The quantitative estimate of drug-likeness (QED) is 0.289. The third-order valence-corrected chi connectivity index (χ3v) is 6.25. The molecule has 7 nitrogen and oxygen atoms in total. The first-order valence-corrected chi connectivity index (χ1v) is 11.3. The van der Waals surface area contributed by atoms with Crippen LogP contribution in [0, 0.1) is 0 Å². The lowest BCUT2D eigenvalue weighted by Gasteiger charge is -2.28. The van der Waals surface area contributed by atoms with Gasteiger partial charge < -0.3 is 24.5 Å². The number of nitrogens with one attached hydrogen (secondary N) is 1. The Kier molecular flexibility index (Phi) is 6.53. The van der Waals surface area contributed by atoms with E-state index in [-0.39, 0.29) is 30.9 Å². The molecule has 2 aromatic heterocycles. The van der Waals surface area contributed by atoms with Crippen LogP contribution in [0.5, 0.6) is 0 Å².